The average Bonchev–Trinajstić information content (AvgIpc) is 3.74. The summed E-state index contributed by atoms with van der Waals surface area (Å²) in [6.45, 7) is 11.1. The number of carbonyl (C=O) groups excluding carboxylic acids is 3. The Morgan fingerprint density at radius 3 is 2.63 bits per heavy atom. The molecule has 4 rings (SSSR count). The zero-order valence-corrected chi connectivity index (χ0v) is 26.1. The van der Waals surface area contributed by atoms with Crippen LogP contribution in [0.15, 0.2) is 36.0 Å². The molecular weight excluding hydrogens is 554 g/mol. The Balaban J connectivity index is 1.26. The van der Waals surface area contributed by atoms with Gasteiger partial charge < -0.3 is 29.4 Å². The summed E-state index contributed by atoms with van der Waals surface area (Å²) in [4.78, 5) is 36.2. The number of epoxide rings is 1. The maximum absolute atomic E-state index is 12.8. The van der Waals surface area contributed by atoms with Crippen molar-refractivity contribution in [3.05, 3.63) is 36.0 Å². The van der Waals surface area contributed by atoms with Gasteiger partial charge in [-0.25, -0.2) is 5.43 Å². The first-order chi connectivity index (χ1) is 20.5. The van der Waals surface area contributed by atoms with Gasteiger partial charge in [0.15, 0.2) is 0 Å². The van der Waals surface area contributed by atoms with Crippen molar-refractivity contribution in [1.82, 2.24) is 15.8 Å². The van der Waals surface area contributed by atoms with Crippen LogP contribution in [-0.2, 0) is 33.3 Å². The van der Waals surface area contributed by atoms with Crippen LogP contribution in [0.2, 0.25) is 0 Å². The third-order valence-electron chi connectivity index (χ3n) is 8.74. The van der Waals surface area contributed by atoms with Crippen molar-refractivity contribution in [3.63, 3.8) is 0 Å². The van der Waals surface area contributed by atoms with E-state index in [0.717, 1.165) is 31.4 Å². The third kappa shape index (κ3) is 9.46. The van der Waals surface area contributed by atoms with Crippen molar-refractivity contribution >= 4 is 17.8 Å². The Hall–Kier alpha value is -2.57. The molecule has 240 valence electrons. The SMILES string of the molecule is CC(=O)O[C@@H](C)C=CC(=O)N[C@@H]1C[C@H](C)[C@H](CC=C(C)C=C[C@H]2O[C@H](CC(=O)N3CCCCN3)C[C@@]3(CO3)[C@@H]2O)O[C@@H]1C. The number of rotatable bonds is 10. The van der Waals surface area contributed by atoms with Crippen LogP contribution < -0.4 is 10.7 Å². The van der Waals surface area contributed by atoms with Gasteiger partial charge in [0.25, 0.3) is 0 Å². The minimum Gasteiger partial charge on any atom is -0.459 e. The molecule has 9 atom stereocenters. The molecule has 4 fully saturated rings. The van der Waals surface area contributed by atoms with Crippen molar-refractivity contribution in [2.24, 2.45) is 5.92 Å². The highest BCUT2D eigenvalue weighted by Crippen LogP contribution is 2.43. The first kappa shape index (κ1) is 33.3. The molecule has 0 aromatic rings. The van der Waals surface area contributed by atoms with E-state index in [-0.39, 0.29) is 48.5 Å². The van der Waals surface area contributed by atoms with E-state index >= 15 is 0 Å². The number of hydrogen-bond acceptors (Lipinski definition) is 9. The maximum Gasteiger partial charge on any atom is 0.303 e. The number of hydrogen-bond donors (Lipinski definition) is 3. The number of aliphatic hydroxyl groups excluding tert-OH is 1. The van der Waals surface area contributed by atoms with Gasteiger partial charge in [-0.1, -0.05) is 30.7 Å². The zero-order chi connectivity index (χ0) is 31.1. The Kier molecular flexibility index (Phi) is 11.6. The second kappa shape index (κ2) is 14.9. The summed E-state index contributed by atoms with van der Waals surface area (Å²) in [5.74, 6) is -0.401. The number of nitrogens with one attached hydrogen (secondary N) is 2. The smallest absolute Gasteiger partial charge is 0.303 e. The predicted octanol–water partition coefficient (Wildman–Crippen LogP) is 2.49. The van der Waals surface area contributed by atoms with Crippen LogP contribution in [0.25, 0.3) is 0 Å². The topological polar surface area (TPSA) is 139 Å². The second-order valence-electron chi connectivity index (χ2n) is 12.5. The molecule has 3 N–H and O–H groups in total. The fourth-order valence-corrected chi connectivity index (χ4v) is 6.09. The molecule has 4 aliphatic rings. The summed E-state index contributed by atoms with van der Waals surface area (Å²) < 4.78 is 23.2. The van der Waals surface area contributed by atoms with E-state index in [9.17, 15) is 19.5 Å². The summed E-state index contributed by atoms with van der Waals surface area (Å²) in [5.41, 5.74) is 3.54. The lowest BCUT2D eigenvalue weighted by molar-refractivity contribution is -0.154. The van der Waals surface area contributed by atoms with Crippen LogP contribution in [0.5, 0.6) is 0 Å². The van der Waals surface area contributed by atoms with E-state index in [1.165, 1.54) is 13.0 Å². The van der Waals surface area contributed by atoms with Crippen LogP contribution >= 0.6 is 0 Å². The van der Waals surface area contributed by atoms with Crippen LogP contribution in [0.3, 0.4) is 0 Å². The molecule has 11 heteroatoms. The summed E-state index contributed by atoms with van der Waals surface area (Å²) in [7, 11) is 0. The number of carbonyl (C=O) groups is 3. The quantitative estimate of drug-likeness (QED) is 0.149. The molecular formula is C32H49N3O8. The van der Waals surface area contributed by atoms with E-state index in [0.29, 0.717) is 26.0 Å². The van der Waals surface area contributed by atoms with Gasteiger partial charge in [0.1, 0.15) is 23.9 Å². The summed E-state index contributed by atoms with van der Waals surface area (Å²) in [5, 5.41) is 15.6. The molecule has 1 spiro atoms. The molecule has 4 heterocycles. The number of esters is 1. The van der Waals surface area contributed by atoms with Gasteiger partial charge in [-0.05, 0) is 58.4 Å². The molecule has 0 aliphatic carbocycles. The Morgan fingerprint density at radius 2 is 1.95 bits per heavy atom. The third-order valence-corrected chi connectivity index (χ3v) is 8.74. The zero-order valence-electron chi connectivity index (χ0n) is 26.1. The van der Waals surface area contributed by atoms with Gasteiger partial charge in [0.2, 0.25) is 11.8 Å². The number of ether oxygens (including phenoxy) is 4. The monoisotopic (exact) mass is 603 g/mol. The van der Waals surface area contributed by atoms with Crippen molar-refractivity contribution in [2.75, 3.05) is 19.7 Å². The minimum atomic E-state index is -0.787. The Bertz CT molecular complexity index is 1080. The predicted molar refractivity (Wildman–Crippen MR) is 159 cm³/mol. The van der Waals surface area contributed by atoms with E-state index in [4.69, 9.17) is 18.9 Å². The van der Waals surface area contributed by atoms with E-state index in [1.807, 2.05) is 26.0 Å². The molecule has 2 amide bonds. The molecule has 4 saturated heterocycles. The van der Waals surface area contributed by atoms with Crippen molar-refractivity contribution in [2.45, 2.75) is 121 Å². The number of hydrazine groups is 1. The average molecular weight is 604 g/mol. The second-order valence-corrected chi connectivity index (χ2v) is 12.5. The summed E-state index contributed by atoms with van der Waals surface area (Å²) in [6, 6.07) is -0.121. The first-order valence-corrected chi connectivity index (χ1v) is 15.6. The van der Waals surface area contributed by atoms with Gasteiger partial charge in [0, 0.05) is 32.5 Å². The molecule has 4 aliphatic heterocycles. The number of amides is 2. The van der Waals surface area contributed by atoms with E-state index in [2.05, 4.69) is 23.7 Å². The van der Waals surface area contributed by atoms with E-state index < -0.39 is 29.9 Å². The van der Waals surface area contributed by atoms with Gasteiger partial charge in [-0.3, -0.25) is 19.4 Å². The molecule has 0 aromatic heterocycles. The standard InChI is InChI=1S/C32H49N3O8/c1-20(8-11-27-21(2)16-26(23(4)42-27)34-29(37)13-10-22(3)41-24(5)36)9-12-28-31(39)32(19-40-32)18-25(43-28)17-30(38)35-15-7-6-14-33-35/h8-10,12-13,21-23,25-28,31,33,39H,6-7,11,14-19H2,1-5H3,(H,34,37)/t21-,22-,23+,25+,26+,27-,28+,31+,32+/m0/s1. The lowest BCUT2D eigenvalue weighted by Gasteiger charge is -2.39. The number of aliphatic hydroxyl groups is 1. The Morgan fingerprint density at radius 1 is 1.19 bits per heavy atom. The van der Waals surface area contributed by atoms with Crippen molar-refractivity contribution < 1.29 is 38.4 Å². The van der Waals surface area contributed by atoms with Crippen LogP contribution in [0, 0.1) is 5.92 Å². The fourth-order valence-electron chi connectivity index (χ4n) is 6.09. The minimum absolute atomic E-state index is 0.00415. The number of allylic oxidation sites excluding steroid dienone is 2. The van der Waals surface area contributed by atoms with Gasteiger partial charge in [-0.15, -0.1) is 0 Å². The molecule has 0 radical (unpaired) electrons. The molecule has 0 saturated carbocycles. The lowest BCUT2D eigenvalue weighted by atomic mass is 9.87. The number of nitrogens with zero attached hydrogens (tertiary/aromatic N) is 1. The molecule has 0 aromatic carbocycles. The molecule has 43 heavy (non-hydrogen) atoms. The van der Waals surface area contributed by atoms with Gasteiger partial charge in [-0.2, -0.15) is 0 Å². The highest BCUT2D eigenvalue weighted by Gasteiger charge is 2.58. The molecule has 11 nitrogen and oxygen atoms in total. The van der Waals surface area contributed by atoms with Gasteiger partial charge >= 0.3 is 5.97 Å². The van der Waals surface area contributed by atoms with Gasteiger partial charge in [0.05, 0.1) is 37.4 Å². The maximum atomic E-state index is 12.8. The van der Waals surface area contributed by atoms with Crippen LogP contribution in [0.1, 0.15) is 73.1 Å². The highest BCUT2D eigenvalue weighted by atomic mass is 16.6. The van der Waals surface area contributed by atoms with E-state index in [1.54, 1.807) is 18.0 Å². The normalized spacial score (nSPS) is 35.7. The van der Waals surface area contributed by atoms with Crippen molar-refractivity contribution in [3.8, 4) is 0 Å². The highest BCUT2D eigenvalue weighted by molar-refractivity contribution is 5.87. The Labute approximate surface area is 255 Å². The fraction of sp³-hybridized carbons (Fsp3) is 0.719. The first-order valence-electron chi connectivity index (χ1n) is 15.6. The summed E-state index contributed by atoms with van der Waals surface area (Å²) in [6.07, 6.45) is 10.9. The van der Waals surface area contributed by atoms with Crippen LogP contribution in [0.4, 0.5) is 0 Å². The largest absolute Gasteiger partial charge is 0.459 e. The van der Waals surface area contributed by atoms with Crippen LogP contribution in [-0.4, -0.2) is 95.9 Å². The lowest BCUT2D eigenvalue weighted by Crippen LogP contribution is -2.52. The summed E-state index contributed by atoms with van der Waals surface area (Å²) >= 11 is 0. The molecule has 0 bridgehead atoms. The van der Waals surface area contributed by atoms with Crippen molar-refractivity contribution in [1.29, 1.82) is 0 Å². The molecule has 0 unspecified atom stereocenters.